The van der Waals surface area contributed by atoms with Crippen molar-refractivity contribution in [2.75, 3.05) is 13.2 Å². The van der Waals surface area contributed by atoms with Crippen molar-refractivity contribution >= 4 is 11.6 Å². The second-order valence-electron chi connectivity index (χ2n) is 5.80. The molecule has 5 nitrogen and oxygen atoms in total. The summed E-state index contributed by atoms with van der Waals surface area (Å²) >= 11 is 0. The van der Waals surface area contributed by atoms with Crippen LogP contribution < -0.4 is 10.1 Å². The fourth-order valence-corrected chi connectivity index (χ4v) is 2.53. The van der Waals surface area contributed by atoms with Crippen LogP contribution in [0.5, 0.6) is 5.75 Å². The number of carbonyl (C=O) groups excluding carboxylic acids is 1. The number of nitrogens with one attached hydrogen (secondary N) is 1. The molecule has 0 saturated carbocycles. The highest BCUT2D eigenvalue weighted by atomic mass is 19.1. The van der Waals surface area contributed by atoms with Gasteiger partial charge < -0.3 is 14.9 Å². The van der Waals surface area contributed by atoms with Crippen LogP contribution in [0.15, 0.2) is 59.8 Å². The topological polar surface area (TPSA) is 59.9 Å². The Morgan fingerprint density at radius 1 is 1.24 bits per heavy atom. The molecule has 25 heavy (non-hydrogen) atoms. The van der Waals surface area contributed by atoms with E-state index in [-0.39, 0.29) is 24.4 Å². The summed E-state index contributed by atoms with van der Waals surface area (Å²) in [5.74, 6) is 0.167. The van der Waals surface area contributed by atoms with Crippen LogP contribution in [0.4, 0.5) is 4.39 Å². The number of ether oxygens (including phenoxy) is 1. The molecule has 0 unspecified atom stereocenters. The summed E-state index contributed by atoms with van der Waals surface area (Å²) in [5.41, 5.74) is 1.69. The summed E-state index contributed by atoms with van der Waals surface area (Å²) in [6.45, 7) is 0.306. The van der Waals surface area contributed by atoms with Crippen molar-refractivity contribution in [2.24, 2.45) is 5.16 Å². The molecule has 0 aromatic heterocycles. The van der Waals surface area contributed by atoms with Crippen molar-refractivity contribution in [3.05, 3.63) is 66.0 Å². The predicted octanol–water partition coefficient (Wildman–Crippen LogP) is 2.71. The first-order valence-electron chi connectivity index (χ1n) is 8.09. The van der Waals surface area contributed by atoms with Crippen LogP contribution >= 0.6 is 0 Å². The first-order chi connectivity index (χ1) is 12.2. The summed E-state index contributed by atoms with van der Waals surface area (Å²) in [4.78, 5) is 17.1. The third kappa shape index (κ3) is 5.31. The first-order valence-corrected chi connectivity index (χ1v) is 8.09. The molecule has 3 rings (SSSR count). The Morgan fingerprint density at radius 2 is 2.08 bits per heavy atom. The molecule has 130 valence electrons. The van der Waals surface area contributed by atoms with Gasteiger partial charge in [0.2, 0.25) is 0 Å². The number of hydrogen-bond acceptors (Lipinski definition) is 4. The van der Waals surface area contributed by atoms with Crippen LogP contribution in [0.2, 0.25) is 0 Å². The Kier molecular flexibility index (Phi) is 5.61. The van der Waals surface area contributed by atoms with Crippen molar-refractivity contribution in [1.82, 2.24) is 5.32 Å². The Labute approximate surface area is 145 Å². The van der Waals surface area contributed by atoms with E-state index in [1.165, 1.54) is 12.1 Å². The maximum Gasteiger partial charge on any atom is 0.258 e. The number of benzene rings is 2. The fourth-order valence-electron chi connectivity index (χ4n) is 2.53. The van der Waals surface area contributed by atoms with Crippen molar-refractivity contribution in [3.8, 4) is 5.75 Å². The number of rotatable bonds is 7. The zero-order valence-corrected chi connectivity index (χ0v) is 13.7. The van der Waals surface area contributed by atoms with E-state index in [4.69, 9.17) is 9.57 Å². The van der Waals surface area contributed by atoms with E-state index in [1.54, 1.807) is 18.2 Å². The molecular weight excluding hydrogens is 323 g/mol. The second kappa shape index (κ2) is 8.28. The molecule has 0 fully saturated rings. The number of oxime groups is 1. The Balaban J connectivity index is 1.37. The fraction of sp³-hybridized carbons (Fsp3) is 0.263. The van der Waals surface area contributed by atoms with E-state index >= 15 is 0 Å². The number of amides is 1. The van der Waals surface area contributed by atoms with Crippen LogP contribution in [0.3, 0.4) is 0 Å². The van der Waals surface area contributed by atoms with Gasteiger partial charge in [-0.2, -0.15) is 0 Å². The smallest absolute Gasteiger partial charge is 0.258 e. The van der Waals surface area contributed by atoms with Gasteiger partial charge >= 0.3 is 0 Å². The maximum atomic E-state index is 13.2. The van der Waals surface area contributed by atoms with Crippen LogP contribution in [-0.4, -0.2) is 30.9 Å². The minimum Gasteiger partial charge on any atom is -0.484 e. The number of halogens is 1. The Hall–Kier alpha value is -2.89. The van der Waals surface area contributed by atoms with Gasteiger partial charge in [0, 0.05) is 12.8 Å². The molecule has 0 saturated heterocycles. The van der Waals surface area contributed by atoms with Crippen molar-refractivity contribution < 1.29 is 18.8 Å². The van der Waals surface area contributed by atoms with Crippen LogP contribution in [-0.2, 0) is 16.1 Å². The van der Waals surface area contributed by atoms with Crippen molar-refractivity contribution in [1.29, 1.82) is 0 Å². The molecule has 0 spiro atoms. The van der Waals surface area contributed by atoms with Gasteiger partial charge in [-0.3, -0.25) is 4.79 Å². The minimum absolute atomic E-state index is 0.0479. The van der Waals surface area contributed by atoms with Gasteiger partial charge in [0.15, 0.2) is 6.61 Å². The van der Waals surface area contributed by atoms with Crippen LogP contribution in [0, 0.1) is 5.82 Å². The molecule has 1 aliphatic heterocycles. The van der Waals surface area contributed by atoms with E-state index in [0.29, 0.717) is 25.1 Å². The lowest BCUT2D eigenvalue weighted by molar-refractivity contribution is -0.123. The lowest BCUT2D eigenvalue weighted by Crippen LogP contribution is -2.35. The third-order valence-corrected chi connectivity index (χ3v) is 3.73. The number of para-hydroxylation sites is 1. The largest absolute Gasteiger partial charge is 0.484 e. The van der Waals surface area contributed by atoms with Crippen molar-refractivity contribution in [3.63, 3.8) is 0 Å². The summed E-state index contributed by atoms with van der Waals surface area (Å²) in [7, 11) is 0. The van der Waals surface area contributed by atoms with Crippen molar-refractivity contribution in [2.45, 2.75) is 18.9 Å². The van der Waals surface area contributed by atoms with Gasteiger partial charge in [0.1, 0.15) is 17.7 Å². The van der Waals surface area contributed by atoms with E-state index in [0.717, 1.165) is 11.3 Å². The molecule has 0 radical (unpaired) electrons. The van der Waals surface area contributed by atoms with Gasteiger partial charge in [-0.25, -0.2) is 4.39 Å². The lowest BCUT2D eigenvalue weighted by atomic mass is 10.0. The summed E-state index contributed by atoms with van der Waals surface area (Å²) in [5, 5.41) is 6.79. The molecule has 6 heteroatoms. The molecule has 0 bridgehead atoms. The maximum absolute atomic E-state index is 13.2. The standard InChI is InChI=1S/C19H19FN2O3/c20-15-6-4-5-14(9-15)10-16-11-18(25-22-16)12-21-19(23)13-24-17-7-2-1-3-8-17/h1-9,18H,10-13H2,(H,21,23)/t18-/m0/s1. The van der Waals surface area contributed by atoms with Crippen LogP contribution in [0.1, 0.15) is 12.0 Å². The Bertz CT molecular complexity index is 749. The highest BCUT2D eigenvalue weighted by molar-refractivity contribution is 5.87. The number of hydrogen-bond donors (Lipinski definition) is 1. The zero-order chi connectivity index (χ0) is 17.5. The third-order valence-electron chi connectivity index (χ3n) is 3.73. The monoisotopic (exact) mass is 342 g/mol. The molecule has 1 heterocycles. The molecule has 1 aliphatic rings. The average Bonchev–Trinajstić information content (AvgIpc) is 3.06. The second-order valence-corrected chi connectivity index (χ2v) is 5.80. The van der Waals surface area contributed by atoms with Gasteiger partial charge in [-0.15, -0.1) is 0 Å². The molecule has 1 N–H and O–H groups in total. The average molecular weight is 342 g/mol. The van der Waals surface area contributed by atoms with Crippen LogP contribution in [0.25, 0.3) is 0 Å². The molecule has 2 aromatic rings. The molecule has 1 atom stereocenters. The van der Waals surface area contributed by atoms with Gasteiger partial charge in [0.25, 0.3) is 5.91 Å². The van der Waals surface area contributed by atoms with E-state index in [2.05, 4.69) is 10.5 Å². The molecule has 0 aliphatic carbocycles. The summed E-state index contributed by atoms with van der Waals surface area (Å²) in [6, 6.07) is 15.6. The van der Waals surface area contributed by atoms with E-state index in [1.807, 2.05) is 24.3 Å². The SMILES string of the molecule is O=C(COc1ccccc1)NC[C@@H]1CC(Cc2cccc(F)c2)=NO1. The highest BCUT2D eigenvalue weighted by Gasteiger charge is 2.21. The quantitative estimate of drug-likeness (QED) is 0.842. The van der Waals surface area contributed by atoms with Gasteiger partial charge in [-0.1, -0.05) is 35.5 Å². The van der Waals surface area contributed by atoms with E-state index in [9.17, 15) is 9.18 Å². The summed E-state index contributed by atoms with van der Waals surface area (Å²) in [6.07, 6.45) is 0.944. The first kappa shape index (κ1) is 17.0. The number of carbonyl (C=O) groups is 1. The lowest BCUT2D eigenvalue weighted by Gasteiger charge is -2.10. The minimum atomic E-state index is -0.265. The Morgan fingerprint density at radius 3 is 2.88 bits per heavy atom. The number of nitrogens with zero attached hydrogens (tertiary/aromatic N) is 1. The van der Waals surface area contributed by atoms with Gasteiger partial charge in [-0.05, 0) is 29.8 Å². The summed E-state index contributed by atoms with van der Waals surface area (Å²) < 4.78 is 18.6. The zero-order valence-electron chi connectivity index (χ0n) is 13.7. The molecule has 2 aromatic carbocycles. The highest BCUT2D eigenvalue weighted by Crippen LogP contribution is 2.15. The predicted molar refractivity (Wildman–Crippen MR) is 92.0 cm³/mol. The van der Waals surface area contributed by atoms with Gasteiger partial charge in [0.05, 0.1) is 12.3 Å². The molecular formula is C19H19FN2O3. The normalized spacial score (nSPS) is 16.0. The van der Waals surface area contributed by atoms with E-state index < -0.39 is 0 Å². The molecule has 1 amide bonds.